The molecule has 1 aliphatic heterocycles. The minimum Gasteiger partial charge on any atom is -0.507 e. The van der Waals surface area contributed by atoms with Crippen LogP contribution in [0.25, 0.3) is 27.7 Å². The van der Waals surface area contributed by atoms with Crippen molar-refractivity contribution in [2.75, 3.05) is 19.6 Å². The molecule has 3 aromatic heterocycles. The van der Waals surface area contributed by atoms with Gasteiger partial charge in [0.2, 0.25) is 0 Å². The molecule has 31 heavy (non-hydrogen) atoms. The van der Waals surface area contributed by atoms with Gasteiger partial charge in [0.05, 0.1) is 35.2 Å². The minimum absolute atomic E-state index is 0.0407. The molecule has 0 aliphatic carbocycles. The molecule has 1 saturated heterocycles. The van der Waals surface area contributed by atoms with E-state index in [-0.39, 0.29) is 17.4 Å². The molecule has 1 aliphatic rings. The van der Waals surface area contributed by atoms with E-state index < -0.39 is 0 Å². The Morgan fingerprint density at radius 3 is 2.68 bits per heavy atom. The molecular weight excluding hydrogens is 392 g/mol. The molecule has 0 atom stereocenters. The van der Waals surface area contributed by atoms with Gasteiger partial charge in [-0.15, -0.1) is 0 Å². The fraction of sp³-hybridized carbons (Fsp3) is 0.391. The van der Waals surface area contributed by atoms with E-state index in [1.807, 2.05) is 32.2 Å². The van der Waals surface area contributed by atoms with Crippen LogP contribution in [-0.2, 0) is 0 Å². The van der Waals surface area contributed by atoms with Gasteiger partial charge in [0, 0.05) is 24.0 Å². The van der Waals surface area contributed by atoms with Crippen molar-refractivity contribution in [3.63, 3.8) is 0 Å². The Bertz CT molecular complexity index is 1350. The highest BCUT2D eigenvalue weighted by Crippen LogP contribution is 2.30. The van der Waals surface area contributed by atoms with Crippen molar-refractivity contribution in [3.8, 4) is 17.0 Å². The number of fused-ring (bicyclic) bond motifs is 2. The van der Waals surface area contributed by atoms with E-state index in [1.165, 1.54) is 0 Å². The standard InChI is InChI=1S/C23H26N6O2/c1-4-27-7-5-18(6-8-27)29-23(31)21-17(12-24-29)10-16(11-20(21)30)19-9-14(2)22-25-15(3)13-28(22)26-19/h9-13,18,30H,4-8H2,1-3H3. The summed E-state index contributed by atoms with van der Waals surface area (Å²) in [6.07, 6.45) is 5.33. The lowest BCUT2D eigenvalue weighted by Gasteiger charge is -2.31. The van der Waals surface area contributed by atoms with Gasteiger partial charge in [-0.2, -0.15) is 10.2 Å². The van der Waals surface area contributed by atoms with Crippen molar-refractivity contribution in [1.82, 2.24) is 29.3 Å². The number of phenols is 1. The quantitative estimate of drug-likeness (QED) is 0.550. The van der Waals surface area contributed by atoms with Crippen LogP contribution in [-0.4, -0.2) is 54.0 Å². The molecule has 0 amide bonds. The number of hydrogen-bond acceptors (Lipinski definition) is 6. The van der Waals surface area contributed by atoms with Crippen molar-refractivity contribution in [3.05, 3.63) is 52.2 Å². The maximum absolute atomic E-state index is 13.2. The molecule has 0 saturated carbocycles. The average Bonchev–Trinajstić information content (AvgIpc) is 3.14. The number of likely N-dealkylation sites (tertiary alicyclic amines) is 1. The zero-order valence-corrected chi connectivity index (χ0v) is 18.0. The van der Waals surface area contributed by atoms with Crippen LogP contribution in [0, 0.1) is 13.8 Å². The molecule has 0 unspecified atom stereocenters. The SMILES string of the molecule is CCN1CCC(n2ncc3cc(-c4cc(C)c5nc(C)cn5n4)cc(O)c3c2=O)CC1. The lowest BCUT2D eigenvalue weighted by molar-refractivity contribution is 0.184. The average molecular weight is 419 g/mol. The Balaban J connectivity index is 1.57. The van der Waals surface area contributed by atoms with Crippen molar-refractivity contribution < 1.29 is 5.11 Å². The first-order chi connectivity index (χ1) is 14.9. The maximum atomic E-state index is 13.2. The number of rotatable bonds is 3. The van der Waals surface area contributed by atoms with Gasteiger partial charge in [-0.25, -0.2) is 14.2 Å². The monoisotopic (exact) mass is 418 g/mol. The lowest BCUT2D eigenvalue weighted by atomic mass is 10.0. The fourth-order valence-electron chi connectivity index (χ4n) is 4.55. The number of piperidine rings is 1. The van der Waals surface area contributed by atoms with Gasteiger partial charge in [-0.05, 0) is 57.0 Å². The number of nitrogens with zero attached hydrogens (tertiary/aromatic N) is 6. The van der Waals surface area contributed by atoms with E-state index >= 15 is 0 Å². The number of aromatic hydroxyl groups is 1. The molecule has 4 aromatic rings. The second-order valence-electron chi connectivity index (χ2n) is 8.38. The van der Waals surface area contributed by atoms with Gasteiger partial charge in [-0.3, -0.25) is 4.79 Å². The Hall–Kier alpha value is -3.26. The maximum Gasteiger partial charge on any atom is 0.278 e. The molecular formula is C23H26N6O2. The molecule has 0 spiro atoms. The lowest BCUT2D eigenvalue weighted by Crippen LogP contribution is -2.38. The van der Waals surface area contributed by atoms with Crippen LogP contribution in [0.3, 0.4) is 0 Å². The van der Waals surface area contributed by atoms with Crippen LogP contribution in [0.5, 0.6) is 5.75 Å². The largest absolute Gasteiger partial charge is 0.507 e. The van der Waals surface area contributed by atoms with Crippen LogP contribution in [0.2, 0.25) is 0 Å². The highest BCUT2D eigenvalue weighted by molar-refractivity contribution is 5.91. The molecule has 0 bridgehead atoms. The molecule has 5 rings (SSSR count). The van der Waals surface area contributed by atoms with E-state index in [1.54, 1.807) is 21.5 Å². The fourth-order valence-corrected chi connectivity index (χ4v) is 4.55. The summed E-state index contributed by atoms with van der Waals surface area (Å²) in [5, 5.41) is 20.8. The number of hydrogen-bond donors (Lipinski definition) is 1. The van der Waals surface area contributed by atoms with Crippen LogP contribution in [0.4, 0.5) is 0 Å². The van der Waals surface area contributed by atoms with Crippen LogP contribution >= 0.6 is 0 Å². The molecule has 4 heterocycles. The van der Waals surface area contributed by atoms with Crippen molar-refractivity contribution >= 4 is 16.4 Å². The summed E-state index contributed by atoms with van der Waals surface area (Å²) >= 11 is 0. The Kier molecular flexibility index (Phi) is 4.74. The van der Waals surface area contributed by atoms with E-state index in [4.69, 9.17) is 0 Å². The normalized spacial score (nSPS) is 15.8. The summed E-state index contributed by atoms with van der Waals surface area (Å²) in [5.74, 6) is -0.0407. The molecule has 8 heteroatoms. The van der Waals surface area contributed by atoms with Crippen LogP contribution < -0.4 is 5.56 Å². The summed E-state index contributed by atoms with van der Waals surface area (Å²) < 4.78 is 3.30. The third-order valence-corrected chi connectivity index (χ3v) is 6.27. The van der Waals surface area contributed by atoms with Gasteiger partial charge >= 0.3 is 0 Å². The van der Waals surface area contributed by atoms with E-state index in [2.05, 4.69) is 27.0 Å². The van der Waals surface area contributed by atoms with E-state index in [0.717, 1.165) is 54.9 Å². The first-order valence-electron chi connectivity index (χ1n) is 10.8. The van der Waals surface area contributed by atoms with E-state index in [0.29, 0.717) is 16.5 Å². The topological polar surface area (TPSA) is 88.6 Å². The minimum atomic E-state index is -0.235. The van der Waals surface area contributed by atoms with Crippen molar-refractivity contribution in [2.45, 2.75) is 39.7 Å². The number of aromatic nitrogens is 5. The Morgan fingerprint density at radius 2 is 1.94 bits per heavy atom. The van der Waals surface area contributed by atoms with Crippen molar-refractivity contribution in [2.24, 2.45) is 0 Å². The highest BCUT2D eigenvalue weighted by Gasteiger charge is 2.23. The second-order valence-corrected chi connectivity index (χ2v) is 8.38. The first kappa shape index (κ1) is 19.7. The van der Waals surface area contributed by atoms with Gasteiger partial charge in [0.25, 0.3) is 5.56 Å². The third kappa shape index (κ3) is 3.37. The number of imidazole rings is 1. The summed E-state index contributed by atoms with van der Waals surface area (Å²) in [5.41, 5.74) is 3.90. The molecule has 1 fully saturated rings. The smallest absolute Gasteiger partial charge is 0.278 e. The summed E-state index contributed by atoms with van der Waals surface area (Å²) in [4.78, 5) is 20.0. The molecule has 0 radical (unpaired) electrons. The third-order valence-electron chi connectivity index (χ3n) is 6.27. The first-order valence-corrected chi connectivity index (χ1v) is 10.8. The molecule has 1 N–H and O–H groups in total. The molecule has 160 valence electrons. The number of benzene rings is 1. The predicted octanol–water partition coefficient (Wildman–Crippen LogP) is 3.09. The van der Waals surface area contributed by atoms with Gasteiger partial charge in [0.15, 0.2) is 5.65 Å². The van der Waals surface area contributed by atoms with Crippen molar-refractivity contribution in [1.29, 1.82) is 0 Å². The van der Waals surface area contributed by atoms with Crippen LogP contribution in [0.1, 0.15) is 37.1 Å². The molecule has 8 nitrogen and oxygen atoms in total. The zero-order chi connectivity index (χ0) is 21.7. The summed E-state index contributed by atoms with van der Waals surface area (Å²) in [6, 6.07) is 5.49. The number of aryl methyl sites for hydroxylation is 2. The highest BCUT2D eigenvalue weighted by atomic mass is 16.3. The predicted molar refractivity (Wildman–Crippen MR) is 120 cm³/mol. The second kappa shape index (κ2) is 7.46. The summed E-state index contributed by atoms with van der Waals surface area (Å²) in [7, 11) is 0. The van der Waals surface area contributed by atoms with Gasteiger partial charge < -0.3 is 10.0 Å². The van der Waals surface area contributed by atoms with E-state index in [9.17, 15) is 9.90 Å². The van der Waals surface area contributed by atoms with Gasteiger partial charge in [0.1, 0.15) is 5.75 Å². The molecule has 1 aromatic carbocycles. The number of phenolic OH excluding ortho intramolecular Hbond substituents is 1. The van der Waals surface area contributed by atoms with Crippen LogP contribution in [0.15, 0.2) is 35.4 Å². The Morgan fingerprint density at radius 1 is 1.16 bits per heavy atom. The summed E-state index contributed by atoms with van der Waals surface area (Å²) in [6.45, 7) is 9.00. The zero-order valence-electron chi connectivity index (χ0n) is 18.0. The Labute approximate surface area is 179 Å². The van der Waals surface area contributed by atoms with Gasteiger partial charge in [-0.1, -0.05) is 6.92 Å².